The molecule has 1 aromatic rings. The van der Waals surface area contributed by atoms with Gasteiger partial charge in [-0.1, -0.05) is 12.1 Å². The fourth-order valence-corrected chi connectivity index (χ4v) is 2.72. The number of carbonyl (C=O) groups is 1. The average molecular weight is 308 g/mol. The molecular formula is C15H20N2O5. The van der Waals surface area contributed by atoms with Gasteiger partial charge < -0.3 is 9.47 Å². The predicted octanol–water partition coefficient (Wildman–Crippen LogP) is 1.40. The van der Waals surface area contributed by atoms with E-state index in [1.165, 1.54) is 19.2 Å². The van der Waals surface area contributed by atoms with Gasteiger partial charge in [-0.3, -0.25) is 19.8 Å². The lowest BCUT2D eigenvalue weighted by Crippen LogP contribution is -2.38. The highest BCUT2D eigenvalue weighted by Crippen LogP contribution is 2.22. The van der Waals surface area contributed by atoms with Crippen LogP contribution in [0, 0.1) is 10.1 Å². The fourth-order valence-electron chi connectivity index (χ4n) is 2.72. The summed E-state index contributed by atoms with van der Waals surface area (Å²) < 4.78 is 10.2. The Morgan fingerprint density at radius 1 is 1.36 bits per heavy atom. The minimum Gasteiger partial charge on any atom is -0.468 e. The van der Waals surface area contributed by atoms with E-state index in [4.69, 9.17) is 9.47 Å². The van der Waals surface area contributed by atoms with Gasteiger partial charge in [0.05, 0.1) is 18.1 Å². The van der Waals surface area contributed by atoms with E-state index in [1.54, 1.807) is 19.2 Å². The molecule has 1 aromatic carbocycles. The molecule has 0 N–H and O–H groups in total. The minimum atomic E-state index is -0.416. The molecule has 0 bridgehead atoms. The molecule has 22 heavy (non-hydrogen) atoms. The molecular weight excluding hydrogens is 288 g/mol. The van der Waals surface area contributed by atoms with Crippen molar-refractivity contribution < 1.29 is 19.2 Å². The monoisotopic (exact) mass is 308 g/mol. The summed E-state index contributed by atoms with van der Waals surface area (Å²) in [6.45, 7) is 1.36. The van der Waals surface area contributed by atoms with E-state index >= 15 is 0 Å². The summed E-state index contributed by atoms with van der Waals surface area (Å²) in [4.78, 5) is 24.1. The van der Waals surface area contributed by atoms with Crippen molar-refractivity contribution in [3.05, 3.63) is 39.9 Å². The Bertz CT molecular complexity index is 531. The van der Waals surface area contributed by atoms with Gasteiger partial charge in [0.15, 0.2) is 0 Å². The van der Waals surface area contributed by atoms with Crippen molar-refractivity contribution in [3.63, 3.8) is 0 Å². The predicted molar refractivity (Wildman–Crippen MR) is 79.6 cm³/mol. The number of hydrogen-bond acceptors (Lipinski definition) is 6. The Balaban J connectivity index is 1.96. The van der Waals surface area contributed by atoms with Crippen LogP contribution in [-0.4, -0.2) is 55.2 Å². The third-order valence-electron chi connectivity index (χ3n) is 4.01. The Labute approximate surface area is 129 Å². The lowest BCUT2D eigenvalue weighted by Gasteiger charge is -2.21. The van der Waals surface area contributed by atoms with Crippen molar-refractivity contribution in [2.45, 2.75) is 25.0 Å². The number of nitrogens with zero attached hydrogens (tertiary/aromatic N) is 2. The summed E-state index contributed by atoms with van der Waals surface area (Å²) in [5.74, 6) is -0.247. The molecule has 1 saturated heterocycles. The van der Waals surface area contributed by atoms with Crippen LogP contribution in [-0.2, 0) is 20.7 Å². The molecule has 7 heteroatoms. The normalized spacial score (nSPS) is 21.7. The van der Waals surface area contributed by atoms with Gasteiger partial charge in [0.2, 0.25) is 0 Å². The number of ether oxygens (including phenoxy) is 2. The Morgan fingerprint density at radius 2 is 2.05 bits per heavy atom. The lowest BCUT2D eigenvalue weighted by molar-refractivity contribution is -0.384. The summed E-state index contributed by atoms with van der Waals surface area (Å²) in [7, 11) is 3.02. The summed E-state index contributed by atoms with van der Waals surface area (Å²) in [5, 5.41) is 10.6. The Kier molecular flexibility index (Phi) is 5.46. The molecule has 0 aromatic heterocycles. The summed E-state index contributed by atoms with van der Waals surface area (Å²) in [6.07, 6.45) is 1.37. The average Bonchev–Trinajstić information content (AvgIpc) is 2.96. The van der Waals surface area contributed by atoms with Gasteiger partial charge in [0, 0.05) is 38.8 Å². The van der Waals surface area contributed by atoms with Crippen LogP contribution < -0.4 is 0 Å². The van der Waals surface area contributed by atoms with E-state index in [2.05, 4.69) is 0 Å². The van der Waals surface area contributed by atoms with Crippen molar-refractivity contribution in [2.75, 3.05) is 27.3 Å². The van der Waals surface area contributed by atoms with Crippen molar-refractivity contribution >= 4 is 11.7 Å². The smallest absolute Gasteiger partial charge is 0.323 e. The summed E-state index contributed by atoms with van der Waals surface area (Å²) >= 11 is 0. The zero-order chi connectivity index (χ0) is 16.1. The van der Waals surface area contributed by atoms with Gasteiger partial charge in [-0.25, -0.2) is 0 Å². The second kappa shape index (κ2) is 7.33. The highest BCUT2D eigenvalue weighted by Gasteiger charge is 2.37. The second-order valence-electron chi connectivity index (χ2n) is 5.30. The number of non-ortho nitro benzene ring substituents is 1. The third-order valence-corrected chi connectivity index (χ3v) is 4.01. The van der Waals surface area contributed by atoms with E-state index in [-0.39, 0.29) is 23.8 Å². The molecule has 0 saturated carbocycles. The second-order valence-corrected chi connectivity index (χ2v) is 5.30. The van der Waals surface area contributed by atoms with Gasteiger partial charge >= 0.3 is 5.97 Å². The molecule has 0 spiro atoms. The van der Waals surface area contributed by atoms with Crippen LogP contribution in [0.1, 0.15) is 12.0 Å². The van der Waals surface area contributed by atoms with E-state index in [1.807, 2.05) is 4.90 Å². The first-order chi connectivity index (χ1) is 10.5. The Hall–Kier alpha value is -1.99. The number of carbonyl (C=O) groups excluding carboxylic acids is 1. The minimum absolute atomic E-state index is 0.0287. The van der Waals surface area contributed by atoms with Crippen molar-refractivity contribution in [1.82, 2.24) is 4.90 Å². The van der Waals surface area contributed by atoms with Gasteiger partial charge in [-0.2, -0.15) is 0 Å². The van der Waals surface area contributed by atoms with Crippen LogP contribution in [0.5, 0.6) is 0 Å². The lowest BCUT2D eigenvalue weighted by atomic mass is 10.1. The fraction of sp³-hybridized carbons (Fsp3) is 0.533. The summed E-state index contributed by atoms with van der Waals surface area (Å²) in [6, 6.07) is 6.20. The summed E-state index contributed by atoms with van der Waals surface area (Å²) in [5.41, 5.74) is 1.08. The maximum atomic E-state index is 11.8. The highest BCUT2D eigenvalue weighted by atomic mass is 16.6. The number of benzene rings is 1. The van der Waals surface area contributed by atoms with Gasteiger partial charge in [-0.15, -0.1) is 0 Å². The molecule has 2 rings (SSSR count). The zero-order valence-electron chi connectivity index (χ0n) is 12.7. The van der Waals surface area contributed by atoms with Gasteiger partial charge in [0.1, 0.15) is 6.04 Å². The molecule has 0 amide bonds. The first-order valence-corrected chi connectivity index (χ1v) is 7.13. The number of likely N-dealkylation sites (tertiary alicyclic amines) is 1. The quantitative estimate of drug-likeness (QED) is 0.449. The molecule has 0 radical (unpaired) electrons. The van der Waals surface area contributed by atoms with Crippen LogP contribution in [0.15, 0.2) is 24.3 Å². The zero-order valence-corrected chi connectivity index (χ0v) is 12.7. The molecule has 1 heterocycles. The van der Waals surface area contributed by atoms with Gasteiger partial charge in [0.25, 0.3) is 5.69 Å². The van der Waals surface area contributed by atoms with E-state index in [9.17, 15) is 14.9 Å². The molecule has 0 aliphatic carbocycles. The number of nitro benzene ring substituents is 1. The molecule has 120 valence electrons. The van der Waals surface area contributed by atoms with E-state index in [0.29, 0.717) is 25.9 Å². The van der Waals surface area contributed by atoms with Crippen LogP contribution in [0.4, 0.5) is 5.69 Å². The van der Waals surface area contributed by atoms with E-state index < -0.39 is 4.92 Å². The van der Waals surface area contributed by atoms with Crippen LogP contribution in [0.25, 0.3) is 0 Å². The SMILES string of the molecule is COC(=O)[C@@H]1C[C@H](OC)CN1CCc1ccc([N+](=O)[O-])cc1. The molecule has 1 fully saturated rings. The van der Waals surface area contributed by atoms with Gasteiger partial charge in [-0.05, 0) is 12.0 Å². The molecule has 1 aliphatic heterocycles. The van der Waals surface area contributed by atoms with Crippen molar-refractivity contribution in [2.24, 2.45) is 0 Å². The van der Waals surface area contributed by atoms with Crippen molar-refractivity contribution in [1.29, 1.82) is 0 Å². The Morgan fingerprint density at radius 3 is 2.59 bits per heavy atom. The number of hydrogen-bond donors (Lipinski definition) is 0. The molecule has 0 unspecified atom stereocenters. The number of methoxy groups -OCH3 is 2. The number of nitro groups is 1. The molecule has 2 atom stereocenters. The number of esters is 1. The first kappa shape index (κ1) is 16.4. The third kappa shape index (κ3) is 3.80. The highest BCUT2D eigenvalue weighted by molar-refractivity contribution is 5.76. The van der Waals surface area contributed by atoms with Crippen LogP contribution in [0.2, 0.25) is 0 Å². The van der Waals surface area contributed by atoms with Crippen molar-refractivity contribution in [3.8, 4) is 0 Å². The topological polar surface area (TPSA) is 81.9 Å². The largest absolute Gasteiger partial charge is 0.468 e. The maximum absolute atomic E-state index is 11.8. The maximum Gasteiger partial charge on any atom is 0.323 e. The van der Waals surface area contributed by atoms with E-state index in [0.717, 1.165) is 5.56 Å². The first-order valence-electron chi connectivity index (χ1n) is 7.13. The standard InChI is InChI=1S/C15H20N2O5/c1-21-13-9-14(15(18)22-2)16(10-13)8-7-11-3-5-12(6-4-11)17(19)20/h3-6,13-14H,7-10H2,1-2H3/t13-,14-/m0/s1. The molecule has 7 nitrogen and oxygen atoms in total. The van der Waals surface area contributed by atoms with Crippen LogP contribution in [0.3, 0.4) is 0 Å². The van der Waals surface area contributed by atoms with Crippen LogP contribution >= 0.6 is 0 Å². The molecule has 1 aliphatic rings. The number of rotatable bonds is 6.